The molecule has 5 nitrogen and oxygen atoms in total. The third kappa shape index (κ3) is 2.47. The summed E-state index contributed by atoms with van der Waals surface area (Å²) in [5.74, 6) is 0.00697. The Kier molecular flexibility index (Phi) is 3.71. The van der Waals surface area contributed by atoms with Gasteiger partial charge in [0.2, 0.25) is 5.78 Å². The highest BCUT2D eigenvalue weighted by Crippen LogP contribution is 2.35. The molecule has 5 heteroatoms. The summed E-state index contributed by atoms with van der Waals surface area (Å²) in [6, 6.07) is 7.20. The number of imidazole rings is 1. The van der Waals surface area contributed by atoms with Gasteiger partial charge in [-0.2, -0.15) is 0 Å². The van der Waals surface area contributed by atoms with E-state index in [1.807, 2.05) is 36.8 Å². The second-order valence-corrected chi connectivity index (χ2v) is 6.70. The number of rotatable bonds is 3. The van der Waals surface area contributed by atoms with Crippen LogP contribution in [-0.4, -0.2) is 27.3 Å². The highest BCUT2D eigenvalue weighted by atomic mass is 16.2. The van der Waals surface area contributed by atoms with Crippen molar-refractivity contribution in [2.75, 3.05) is 0 Å². The van der Waals surface area contributed by atoms with Gasteiger partial charge >= 0.3 is 0 Å². The van der Waals surface area contributed by atoms with E-state index in [0.29, 0.717) is 23.5 Å². The maximum atomic E-state index is 12.8. The molecule has 0 bridgehead atoms. The van der Waals surface area contributed by atoms with Crippen molar-refractivity contribution in [1.82, 2.24) is 9.55 Å². The zero-order chi connectivity index (χ0) is 17.6. The van der Waals surface area contributed by atoms with Crippen molar-refractivity contribution in [2.45, 2.75) is 39.2 Å². The molecule has 0 fully saturated rings. The molecule has 25 heavy (non-hydrogen) atoms. The van der Waals surface area contributed by atoms with Crippen molar-refractivity contribution in [3.63, 3.8) is 0 Å². The van der Waals surface area contributed by atoms with Crippen molar-refractivity contribution in [2.24, 2.45) is 4.99 Å². The normalized spacial score (nSPS) is 16.0. The highest BCUT2D eigenvalue weighted by molar-refractivity contribution is 6.52. The standard InChI is InChI=1S/C20H19N3O2/c1-12(2)20-22-16-14-8-3-4-9-15(14)18(24)19(25)17(16)23(20)11-13-7-5-6-10-21-13/h3-4,7-10,12H,5-6,11H2,1-2H3. The van der Waals surface area contributed by atoms with Gasteiger partial charge in [-0.3, -0.25) is 14.6 Å². The van der Waals surface area contributed by atoms with Crippen LogP contribution in [0, 0.1) is 0 Å². The molecule has 2 aromatic rings. The molecule has 2 aliphatic rings. The molecule has 126 valence electrons. The summed E-state index contributed by atoms with van der Waals surface area (Å²) in [6.07, 6.45) is 5.87. The van der Waals surface area contributed by atoms with Crippen LogP contribution in [0.2, 0.25) is 0 Å². The summed E-state index contributed by atoms with van der Waals surface area (Å²) in [7, 11) is 0. The number of carbonyl (C=O) groups is 2. The zero-order valence-electron chi connectivity index (χ0n) is 14.3. The molecule has 0 N–H and O–H groups in total. The Morgan fingerprint density at radius 1 is 1.08 bits per heavy atom. The van der Waals surface area contributed by atoms with E-state index in [4.69, 9.17) is 4.98 Å². The van der Waals surface area contributed by atoms with Crippen molar-refractivity contribution in [3.8, 4) is 11.3 Å². The summed E-state index contributed by atoms with van der Waals surface area (Å²) in [5, 5.41) is 0. The van der Waals surface area contributed by atoms with Crippen LogP contribution in [0.4, 0.5) is 0 Å². The van der Waals surface area contributed by atoms with Crippen LogP contribution in [-0.2, 0) is 6.54 Å². The van der Waals surface area contributed by atoms with Gasteiger partial charge in [0.05, 0.1) is 12.2 Å². The SMILES string of the molecule is CC(C)c1nc2c(n1CC1=CCCC=N1)C(=O)C(=O)c1ccccc1-2. The predicted octanol–water partition coefficient (Wildman–Crippen LogP) is 3.80. The molecule has 2 heterocycles. The van der Waals surface area contributed by atoms with E-state index < -0.39 is 11.6 Å². The largest absolute Gasteiger partial charge is 0.318 e. The number of allylic oxidation sites excluding steroid dienone is 2. The van der Waals surface area contributed by atoms with E-state index in [2.05, 4.69) is 11.1 Å². The van der Waals surface area contributed by atoms with Crippen LogP contribution in [0.3, 0.4) is 0 Å². The Balaban J connectivity index is 1.93. The van der Waals surface area contributed by atoms with Crippen LogP contribution in [0.25, 0.3) is 11.3 Å². The number of aromatic nitrogens is 2. The van der Waals surface area contributed by atoms with E-state index in [0.717, 1.165) is 29.9 Å². The van der Waals surface area contributed by atoms with Gasteiger partial charge in [0, 0.05) is 23.3 Å². The van der Waals surface area contributed by atoms with Crippen molar-refractivity contribution in [1.29, 1.82) is 0 Å². The van der Waals surface area contributed by atoms with Crippen LogP contribution in [0.15, 0.2) is 41.0 Å². The molecule has 0 radical (unpaired) electrons. The summed E-state index contributed by atoms with van der Waals surface area (Å²) in [5.41, 5.74) is 3.10. The summed E-state index contributed by atoms with van der Waals surface area (Å²) < 4.78 is 1.88. The second kappa shape index (κ2) is 5.92. The lowest BCUT2D eigenvalue weighted by Gasteiger charge is -2.17. The Labute approximate surface area is 146 Å². The Morgan fingerprint density at radius 3 is 2.52 bits per heavy atom. The Morgan fingerprint density at radius 2 is 1.84 bits per heavy atom. The van der Waals surface area contributed by atoms with Crippen LogP contribution in [0.1, 0.15) is 59.3 Å². The minimum Gasteiger partial charge on any atom is -0.318 e. The number of Topliss-reactive ketones (excluding diaryl/α,β-unsaturated/α-hetero) is 2. The highest BCUT2D eigenvalue weighted by Gasteiger charge is 2.36. The first-order chi connectivity index (χ1) is 12.1. The van der Waals surface area contributed by atoms with Crippen LogP contribution >= 0.6 is 0 Å². The smallest absolute Gasteiger partial charge is 0.252 e. The van der Waals surface area contributed by atoms with E-state index in [9.17, 15) is 9.59 Å². The first-order valence-corrected chi connectivity index (χ1v) is 8.58. The van der Waals surface area contributed by atoms with E-state index in [1.165, 1.54) is 0 Å². The van der Waals surface area contributed by atoms with Crippen LogP contribution in [0.5, 0.6) is 0 Å². The number of fused-ring (bicyclic) bond motifs is 3. The fourth-order valence-electron chi connectivity index (χ4n) is 3.43. The zero-order valence-corrected chi connectivity index (χ0v) is 14.3. The monoisotopic (exact) mass is 333 g/mol. The van der Waals surface area contributed by atoms with Gasteiger partial charge in [0.15, 0.2) is 0 Å². The number of nitrogens with zero attached hydrogens (tertiary/aromatic N) is 3. The number of aliphatic imine (C=N–C) groups is 1. The molecule has 1 aromatic heterocycles. The minimum absolute atomic E-state index is 0.133. The van der Waals surface area contributed by atoms with Gasteiger partial charge < -0.3 is 4.57 Å². The molecule has 0 atom stereocenters. The summed E-state index contributed by atoms with van der Waals surface area (Å²) in [6.45, 7) is 4.55. The van der Waals surface area contributed by atoms with E-state index in [1.54, 1.807) is 12.1 Å². The van der Waals surface area contributed by atoms with Crippen LogP contribution < -0.4 is 0 Å². The van der Waals surface area contributed by atoms with Gasteiger partial charge in [0.25, 0.3) is 5.78 Å². The number of hydrogen-bond acceptors (Lipinski definition) is 4. The minimum atomic E-state index is -0.478. The molecule has 0 spiro atoms. The van der Waals surface area contributed by atoms with Crippen molar-refractivity contribution < 1.29 is 9.59 Å². The lowest BCUT2D eigenvalue weighted by atomic mass is 9.90. The number of benzene rings is 1. The molecule has 0 amide bonds. The van der Waals surface area contributed by atoms with Crippen molar-refractivity contribution >= 4 is 17.8 Å². The molecule has 0 unspecified atom stereocenters. The predicted molar refractivity (Wildman–Crippen MR) is 96.2 cm³/mol. The molecule has 0 saturated heterocycles. The third-order valence-electron chi connectivity index (χ3n) is 4.61. The first-order valence-electron chi connectivity index (χ1n) is 8.58. The van der Waals surface area contributed by atoms with Gasteiger partial charge in [-0.05, 0) is 12.8 Å². The maximum absolute atomic E-state index is 12.8. The first kappa shape index (κ1) is 15.7. The van der Waals surface area contributed by atoms with E-state index >= 15 is 0 Å². The van der Waals surface area contributed by atoms with Gasteiger partial charge in [-0.1, -0.05) is 44.2 Å². The fraction of sp³-hybridized carbons (Fsp3) is 0.300. The maximum Gasteiger partial charge on any atom is 0.252 e. The fourth-order valence-corrected chi connectivity index (χ4v) is 3.43. The summed E-state index contributed by atoms with van der Waals surface area (Å²) in [4.78, 5) is 34.6. The Bertz CT molecular complexity index is 948. The van der Waals surface area contributed by atoms with E-state index in [-0.39, 0.29) is 5.92 Å². The molecule has 0 saturated carbocycles. The quantitative estimate of drug-likeness (QED) is 0.803. The molecule has 1 aromatic carbocycles. The average molecular weight is 333 g/mol. The number of ketones is 2. The average Bonchev–Trinajstić information content (AvgIpc) is 3.00. The number of hydrogen-bond donors (Lipinski definition) is 0. The lowest BCUT2D eigenvalue weighted by Crippen LogP contribution is -2.25. The Hall–Kier alpha value is -2.82. The molecule has 4 rings (SSSR count). The second-order valence-electron chi connectivity index (χ2n) is 6.70. The topological polar surface area (TPSA) is 64.3 Å². The summed E-state index contributed by atoms with van der Waals surface area (Å²) >= 11 is 0. The molecule has 1 aliphatic heterocycles. The van der Waals surface area contributed by atoms with Gasteiger partial charge in [-0.25, -0.2) is 4.98 Å². The van der Waals surface area contributed by atoms with Crippen molar-refractivity contribution in [3.05, 3.63) is 53.1 Å². The van der Waals surface area contributed by atoms with Gasteiger partial charge in [0.1, 0.15) is 17.2 Å². The lowest BCUT2D eigenvalue weighted by molar-refractivity contribution is 0.0809. The third-order valence-corrected chi connectivity index (χ3v) is 4.61. The van der Waals surface area contributed by atoms with Gasteiger partial charge in [-0.15, -0.1) is 0 Å². The molecular weight excluding hydrogens is 314 g/mol. The molecule has 1 aliphatic carbocycles. The molecular formula is C20H19N3O2. The number of carbonyl (C=O) groups excluding carboxylic acids is 2.